The lowest BCUT2D eigenvalue weighted by Crippen LogP contribution is -2.48. The van der Waals surface area contributed by atoms with Gasteiger partial charge in [0, 0.05) is 12.3 Å². The van der Waals surface area contributed by atoms with Gasteiger partial charge in [0.15, 0.2) is 0 Å². The minimum absolute atomic E-state index is 0.00404. The van der Waals surface area contributed by atoms with Crippen molar-refractivity contribution in [2.24, 2.45) is 11.7 Å². The summed E-state index contributed by atoms with van der Waals surface area (Å²) in [5.74, 6) is 0.207. The summed E-state index contributed by atoms with van der Waals surface area (Å²) in [4.78, 5) is 24.3. The Morgan fingerprint density at radius 2 is 1.64 bits per heavy atom. The van der Waals surface area contributed by atoms with Crippen LogP contribution in [0.3, 0.4) is 0 Å². The summed E-state index contributed by atoms with van der Waals surface area (Å²) in [7, 11) is 0. The molecule has 2 aromatic carbocycles. The predicted molar refractivity (Wildman–Crippen MR) is 109 cm³/mol. The SMILES string of the molecule is NC(=O)[C@@H](Cc1ccc(OCc2ccccc2)cc1)NC(=O)C1CCCCC1. The number of amides is 2. The van der Waals surface area contributed by atoms with Crippen LogP contribution in [0.2, 0.25) is 0 Å². The first-order chi connectivity index (χ1) is 13.6. The van der Waals surface area contributed by atoms with Crippen molar-refractivity contribution >= 4 is 11.8 Å². The van der Waals surface area contributed by atoms with E-state index < -0.39 is 11.9 Å². The highest BCUT2D eigenvalue weighted by molar-refractivity contribution is 5.87. The fourth-order valence-corrected chi connectivity index (χ4v) is 3.58. The van der Waals surface area contributed by atoms with Gasteiger partial charge in [-0.25, -0.2) is 0 Å². The number of ether oxygens (including phenoxy) is 1. The van der Waals surface area contributed by atoms with E-state index in [-0.39, 0.29) is 11.8 Å². The van der Waals surface area contributed by atoms with Crippen LogP contribution in [-0.4, -0.2) is 17.9 Å². The second-order valence-electron chi connectivity index (χ2n) is 7.42. The third-order valence-electron chi connectivity index (χ3n) is 5.25. The molecule has 0 aromatic heterocycles. The summed E-state index contributed by atoms with van der Waals surface area (Å²) < 4.78 is 5.78. The van der Waals surface area contributed by atoms with Crippen LogP contribution >= 0.6 is 0 Å². The van der Waals surface area contributed by atoms with E-state index in [0.717, 1.165) is 42.6 Å². The molecule has 0 heterocycles. The van der Waals surface area contributed by atoms with E-state index in [0.29, 0.717) is 13.0 Å². The first kappa shape index (κ1) is 19.9. The monoisotopic (exact) mass is 380 g/mol. The fourth-order valence-electron chi connectivity index (χ4n) is 3.58. The van der Waals surface area contributed by atoms with Crippen LogP contribution in [0.25, 0.3) is 0 Å². The number of rotatable bonds is 8. The molecule has 1 aliphatic carbocycles. The van der Waals surface area contributed by atoms with Crippen molar-refractivity contribution in [3.63, 3.8) is 0 Å². The number of carbonyl (C=O) groups excluding carboxylic acids is 2. The molecule has 0 bridgehead atoms. The van der Waals surface area contributed by atoms with Gasteiger partial charge in [-0.2, -0.15) is 0 Å². The summed E-state index contributed by atoms with van der Waals surface area (Å²) >= 11 is 0. The third kappa shape index (κ3) is 5.84. The quantitative estimate of drug-likeness (QED) is 0.737. The van der Waals surface area contributed by atoms with Gasteiger partial charge in [0.1, 0.15) is 18.4 Å². The lowest BCUT2D eigenvalue weighted by Gasteiger charge is -2.23. The Morgan fingerprint density at radius 1 is 0.964 bits per heavy atom. The predicted octanol–water partition coefficient (Wildman–Crippen LogP) is 3.36. The van der Waals surface area contributed by atoms with Gasteiger partial charge in [-0.15, -0.1) is 0 Å². The van der Waals surface area contributed by atoms with Crippen LogP contribution < -0.4 is 15.8 Å². The summed E-state index contributed by atoms with van der Waals surface area (Å²) in [6, 6.07) is 16.8. The van der Waals surface area contributed by atoms with E-state index in [1.807, 2.05) is 54.6 Å². The van der Waals surface area contributed by atoms with Gasteiger partial charge in [-0.3, -0.25) is 9.59 Å². The molecule has 28 heavy (non-hydrogen) atoms. The molecular weight excluding hydrogens is 352 g/mol. The second kappa shape index (κ2) is 9.93. The maximum Gasteiger partial charge on any atom is 0.240 e. The highest BCUT2D eigenvalue weighted by atomic mass is 16.5. The largest absolute Gasteiger partial charge is 0.489 e. The zero-order valence-corrected chi connectivity index (χ0v) is 16.1. The first-order valence-electron chi connectivity index (χ1n) is 9.97. The average Bonchev–Trinajstić information content (AvgIpc) is 2.74. The number of carbonyl (C=O) groups is 2. The van der Waals surface area contributed by atoms with Gasteiger partial charge in [0.25, 0.3) is 0 Å². The van der Waals surface area contributed by atoms with Gasteiger partial charge >= 0.3 is 0 Å². The Morgan fingerprint density at radius 3 is 2.29 bits per heavy atom. The number of nitrogens with two attached hydrogens (primary N) is 1. The molecule has 3 N–H and O–H groups in total. The van der Waals surface area contributed by atoms with Crippen molar-refractivity contribution in [1.82, 2.24) is 5.32 Å². The summed E-state index contributed by atoms with van der Waals surface area (Å²) in [5, 5.41) is 2.85. The Hall–Kier alpha value is -2.82. The zero-order chi connectivity index (χ0) is 19.8. The molecule has 148 valence electrons. The lowest BCUT2D eigenvalue weighted by atomic mass is 9.88. The van der Waals surface area contributed by atoms with Gasteiger partial charge in [-0.1, -0.05) is 61.7 Å². The maximum atomic E-state index is 12.4. The zero-order valence-electron chi connectivity index (χ0n) is 16.1. The molecule has 0 spiro atoms. The van der Waals surface area contributed by atoms with Crippen molar-refractivity contribution < 1.29 is 14.3 Å². The maximum absolute atomic E-state index is 12.4. The second-order valence-corrected chi connectivity index (χ2v) is 7.42. The topological polar surface area (TPSA) is 81.4 Å². The summed E-state index contributed by atoms with van der Waals surface area (Å²) in [5.41, 5.74) is 7.56. The number of benzene rings is 2. The molecule has 1 aliphatic rings. The molecule has 0 aliphatic heterocycles. The molecule has 0 radical (unpaired) electrons. The fraction of sp³-hybridized carbons (Fsp3) is 0.391. The molecule has 0 unspecified atom stereocenters. The molecule has 2 amide bonds. The molecule has 0 saturated heterocycles. The minimum Gasteiger partial charge on any atom is -0.489 e. The number of hydrogen-bond donors (Lipinski definition) is 2. The van der Waals surface area contributed by atoms with Crippen LogP contribution in [0, 0.1) is 5.92 Å². The third-order valence-corrected chi connectivity index (χ3v) is 5.25. The van der Waals surface area contributed by atoms with Crippen molar-refractivity contribution in [2.45, 2.75) is 51.2 Å². The van der Waals surface area contributed by atoms with Crippen LogP contribution in [-0.2, 0) is 22.6 Å². The Balaban J connectivity index is 1.54. The summed E-state index contributed by atoms with van der Waals surface area (Å²) in [6.07, 6.45) is 5.50. The molecule has 5 nitrogen and oxygen atoms in total. The highest BCUT2D eigenvalue weighted by Gasteiger charge is 2.25. The molecule has 1 atom stereocenters. The van der Waals surface area contributed by atoms with E-state index in [4.69, 9.17) is 10.5 Å². The van der Waals surface area contributed by atoms with Crippen molar-refractivity contribution in [3.05, 3.63) is 65.7 Å². The Bertz CT molecular complexity index is 768. The minimum atomic E-state index is -0.689. The summed E-state index contributed by atoms with van der Waals surface area (Å²) in [6.45, 7) is 0.502. The van der Waals surface area contributed by atoms with Gasteiger partial charge in [0.2, 0.25) is 11.8 Å². The van der Waals surface area contributed by atoms with Crippen molar-refractivity contribution in [1.29, 1.82) is 0 Å². The lowest BCUT2D eigenvalue weighted by molar-refractivity contribution is -0.130. The standard InChI is InChI=1S/C23H28N2O3/c24-22(26)21(25-23(27)19-9-5-2-6-10-19)15-17-11-13-20(14-12-17)28-16-18-7-3-1-4-8-18/h1,3-4,7-8,11-14,19,21H,2,5-6,9-10,15-16H2,(H2,24,26)(H,25,27)/t21-/m1/s1. The Kier molecular flexibility index (Phi) is 7.06. The van der Waals surface area contributed by atoms with E-state index in [9.17, 15) is 9.59 Å². The first-order valence-corrected chi connectivity index (χ1v) is 9.97. The van der Waals surface area contributed by atoms with Crippen molar-refractivity contribution in [2.75, 3.05) is 0 Å². The van der Waals surface area contributed by atoms with E-state index >= 15 is 0 Å². The van der Waals surface area contributed by atoms with E-state index in [1.165, 1.54) is 6.42 Å². The molecule has 1 saturated carbocycles. The Labute approximate surface area is 166 Å². The molecule has 3 rings (SSSR count). The van der Waals surface area contributed by atoms with E-state index in [2.05, 4.69) is 5.32 Å². The van der Waals surface area contributed by atoms with Gasteiger partial charge < -0.3 is 15.8 Å². The molecule has 2 aromatic rings. The average molecular weight is 380 g/mol. The number of primary amides is 1. The van der Waals surface area contributed by atoms with Crippen LogP contribution in [0.5, 0.6) is 5.75 Å². The molecule has 5 heteroatoms. The number of hydrogen-bond acceptors (Lipinski definition) is 3. The van der Waals surface area contributed by atoms with Crippen molar-refractivity contribution in [3.8, 4) is 5.75 Å². The van der Waals surface area contributed by atoms with Crippen LogP contribution in [0.1, 0.15) is 43.2 Å². The molecular formula is C23H28N2O3. The highest BCUT2D eigenvalue weighted by Crippen LogP contribution is 2.24. The van der Waals surface area contributed by atoms with Crippen LogP contribution in [0.4, 0.5) is 0 Å². The smallest absolute Gasteiger partial charge is 0.240 e. The normalized spacial score (nSPS) is 15.6. The van der Waals surface area contributed by atoms with Crippen LogP contribution in [0.15, 0.2) is 54.6 Å². The van der Waals surface area contributed by atoms with E-state index in [1.54, 1.807) is 0 Å². The number of nitrogens with one attached hydrogen (secondary N) is 1. The molecule has 1 fully saturated rings. The van der Waals surface area contributed by atoms with Gasteiger partial charge in [0.05, 0.1) is 0 Å². The van der Waals surface area contributed by atoms with Gasteiger partial charge in [-0.05, 0) is 36.1 Å².